The van der Waals surface area contributed by atoms with Crippen LogP contribution in [-0.2, 0) is 31.3 Å². The van der Waals surface area contributed by atoms with Crippen molar-refractivity contribution in [2.45, 2.75) is 13.2 Å². The van der Waals surface area contributed by atoms with E-state index in [9.17, 15) is 4.57 Å². The average molecular weight is 471 g/mol. The largest absolute Gasteiger partial charge is 0.497 e. The summed E-state index contributed by atoms with van der Waals surface area (Å²) in [7, 11) is 9.73. The summed E-state index contributed by atoms with van der Waals surface area (Å²) in [5.74, 6) is 0.753. The van der Waals surface area contributed by atoms with E-state index in [1.165, 1.54) is 5.56 Å². The molecule has 0 aliphatic rings. The first-order valence-corrected chi connectivity index (χ1v) is 12.2. The second kappa shape index (κ2) is 12.7. The Bertz CT molecular complexity index is 867. The van der Waals surface area contributed by atoms with E-state index in [2.05, 4.69) is 25.1 Å². The summed E-state index contributed by atoms with van der Waals surface area (Å²) in [5.41, 5.74) is 2.14. The van der Waals surface area contributed by atoms with Gasteiger partial charge in [-0.1, -0.05) is 0 Å². The number of ether oxygens (including phenoxy) is 1. The molecule has 0 saturated heterocycles. The van der Waals surface area contributed by atoms with E-state index >= 15 is 0 Å². The summed E-state index contributed by atoms with van der Waals surface area (Å²) >= 11 is 0. The number of phosphoric ester groups is 1. The fraction of sp³-hybridized carbons (Fsp3) is 0.636. The maximum absolute atomic E-state index is 13.3. The minimum atomic E-state index is -3.73. The second-order valence-corrected chi connectivity index (χ2v) is 10.2. The smallest absolute Gasteiger partial charge is 0.476 e. The molecule has 0 bridgehead atoms. The van der Waals surface area contributed by atoms with Crippen molar-refractivity contribution in [1.82, 2.24) is 19.3 Å². The van der Waals surface area contributed by atoms with Crippen LogP contribution in [0.5, 0.6) is 5.75 Å². The van der Waals surface area contributed by atoms with Crippen molar-refractivity contribution < 1.29 is 22.9 Å². The fourth-order valence-electron chi connectivity index (χ4n) is 3.04. The molecule has 0 atom stereocenters. The quantitative estimate of drug-likeness (QED) is 0.368. The molecule has 0 unspecified atom stereocenters. The summed E-state index contributed by atoms with van der Waals surface area (Å²) in [6, 6.07) is 5.96. The molecule has 32 heavy (non-hydrogen) atoms. The molecular formula is C22H39N4O5P. The first-order valence-electron chi connectivity index (χ1n) is 10.8. The molecule has 182 valence electrons. The van der Waals surface area contributed by atoms with E-state index in [0.717, 1.165) is 29.6 Å². The topological polar surface area (TPSA) is 68.6 Å². The van der Waals surface area contributed by atoms with E-state index in [4.69, 9.17) is 18.3 Å². The standard InChI is InChI=1S/C22H39N4O5P/c1-23(2)11-10-19-17-26(22-16-20(28-7)8-9-21(19)22)18-31-32(27,29-14-12-24(3)4)30-15-13-25(5)6/h8-9,16-17H,10-15,18H2,1-7H3. The molecule has 0 aliphatic carbocycles. The Balaban J connectivity index is 2.21. The number of rotatable bonds is 15. The highest BCUT2D eigenvalue weighted by molar-refractivity contribution is 7.48. The van der Waals surface area contributed by atoms with Crippen molar-refractivity contribution >= 4 is 18.7 Å². The molecule has 0 spiro atoms. The normalized spacial score (nSPS) is 12.6. The SMILES string of the molecule is COc1ccc2c(CCN(C)C)cn(COP(=O)(OCCN(C)C)OCCN(C)C)c2c1. The highest BCUT2D eigenvalue weighted by Gasteiger charge is 2.27. The van der Waals surface area contributed by atoms with Crippen LogP contribution in [0.25, 0.3) is 10.9 Å². The lowest BCUT2D eigenvalue weighted by Gasteiger charge is -2.20. The van der Waals surface area contributed by atoms with Crippen molar-refractivity contribution in [3.8, 4) is 5.75 Å². The third-order valence-electron chi connectivity index (χ3n) is 4.93. The first kappa shape index (κ1) is 26.8. The molecule has 10 heteroatoms. The molecule has 0 aliphatic heterocycles. The average Bonchev–Trinajstić information content (AvgIpc) is 3.07. The van der Waals surface area contributed by atoms with Crippen LogP contribution in [0, 0.1) is 0 Å². The third kappa shape index (κ3) is 8.48. The zero-order chi connectivity index (χ0) is 23.7. The van der Waals surface area contributed by atoms with Crippen LogP contribution < -0.4 is 4.74 Å². The Morgan fingerprint density at radius 3 is 2.00 bits per heavy atom. The maximum atomic E-state index is 13.3. The molecule has 1 heterocycles. The number of likely N-dealkylation sites (N-methyl/N-ethyl adjacent to an activating group) is 3. The maximum Gasteiger partial charge on any atom is 0.476 e. The molecule has 1 aromatic heterocycles. The van der Waals surface area contributed by atoms with Crippen LogP contribution in [0.1, 0.15) is 5.56 Å². The van der Waals surface area contributed by atoms with Crippen LogP contribution in [0.2, 0.25) is 0 Å². The van der Waals surface area contributed by atoms with Gasteiger partial charge in [0.1, 0.15) is 12.5 Å². The van der Waals surface area contributed by atoms with Gasteiger partial charge in [0.25, 0.3) is 0 Å². The highest BCUT2D eigenvalue weighted by Crippen LogP contribution is 2.49. The molecule has 2 aromatic rings. The number of hydrogen-bond acceptors (Lipinski definition) is 8. The van der Waals surface area contributed by atoms with E-state index in [-0.39, 0.29) is 19.9 Å². The number of methoxy groups -OCH3 is 1. The molecule has 0 fully saturated rings. The number of nitrogens with zero attached hydrogens (tertiary/aromatic N) is 4. The Labute approximate surface area is 192 Å². The van der Waals surface area contributed by atoms with Crippen molar-refractivity contribution in [2.24, 2.45) is 0 Å². The Hall–Kier alpha value is -1.45. The molecule has 1 aromatic carbocycles. The van der Waals surface area contributed by atoms with Gasteiger partial charge in [-0.25, -0.2) is 4.57 Å². The van der Waals surface area contributed by atoms with E-state index in [1.807, 2.05) is 60.9 Å². The fourth-order valence-corrected chi connectivity index (χ4v) is 4.14. The van der Waals surface area contributed by atoms with Gasteiger partial charge in [-0.05, 0) is 66.4 Å². The molecule has 2 rings (SSSR count). The van der Waals surface area contributed by atoms with Crippen LogP contribution in [0.4, 0.5) is 0 Å². The summed E-state index contributed by atoms with van der Waals surface area (Å²) in [6.07, 6.45) is 2.93. The van der Waals surface area contributed by atoms with Crippen molar-refractivity contribution in [3.63, 3.8) is 0 Å². The lowest BCUT2D eigenvalue weighted by Crippen LogP contribution is -2.20. The van der Waals surface area contributed by atoms with Gasteiger partial charge in [-0.3, -0.25) is 13.6 Å². The Morgan fingerprint density at radius 1 is 0.875 bits per heavy atom. The Kier molecular flexibility index (Phi) is 10.6. The molecule has 0 radical (unpaired) electrons. The summed E-state index contributed by atoms with van der Waals surface area (Å²) in [4.78, 5) is 6.05. The summed E-state index contributed by atoms with van der Waals surface area (Å²) < 4.78 is 37.6. The van der Waals surface area contributed by atoms with Gasteiger partial charge in [-0.15, -0.1) is 0 Å². The van der Waals surface area contributed by atoms with Gasteiger partial charge >= 0.3 is 7.82 Å². The van der Waals surface area contributed by atoms with Gasteiger partial charge in [0, 0.05) is 37.3 Å². The predicted octanol–water partition coefficient (Wildman–Crippen LogP) is 2.99. The lowest BCUT2D eigenvalue weighted by molar-refractivity contribution is 0.0827. The molecular weight excluding hydrogens is 431 g/mol. The number of aromatic nitrogens is 1. The number of hydrogen-bond donors (Lipinski definition) is 0. The van der Waals surface area contributed by atoms with Crippen LogP contribution >= 0.6 is 7.82 Å². The van der Waals surface area contributed by atoms with Gasteiger partial charge in [0.15, 0.2) is 0 Å². The van der Waals surface area contributed by atoms with E-state index in [0.29, 0.717) is 13.1 Å². The predicted molar refractivity (Wildman–Crippen MR) is 128 cm³/mol. The monoisotopic (exact) mass is 470 g/mol. The Morgan fingerprint density at radius 2 is 1.47 bits per heavy atom. The van der Waals surface area contributed by atoms with Gasteiger partial charge in [-0.2, -0.15) is 0 Å². The molecule has 9 nitrogen and oxygen atoms in total. The van der Waals surface area contributed by atoms with Gasteiger partial charge in [0.2, 0.25) is 0 Å². The van der Waals surface area contributed by atoms with Gasteiger partial charge < -0.3 is 24.0 Å². The van der Waals surface area contributed by atoms with Crippen LogP contribution in [0.3, 0.4) is 0 Å². The first-order chi connectivity index (χ1) is 15.1. The minimum absolute atomic E-state index is 0.0485. The van der Waals surface area contributed by atoms with Crippen LogP contribution in [-0.4, -0.2) is 102 Å². The van der Waals surface area contributed by atoms with Crippen molar-refractivity contribution in [2.75, 3.05) is 82.2 Å². The highest BCUT2D eigenvalue weighted by atomic mass is 31.2. The van der Waals surface area contributed by atoms with Crippen molar-refractivity contribution in [3.05, 3.63) is 30.0 Å². The number of benzene rings is 1. The van der Waals surface area contributed by atoms with Crippen molar-refractivity contribution in [1.29, 1.82) is 0 Å². The van der Waals surface area contributed by atoms with Gasteiger partial charge in [0.05, 0.1) is 25.8 Å². The van der Waals surface area contributed by atoms with E-state index < -0.39 is 7.82 Å². The summed E-state index contributed by atoms with van der Waals surface area (Å²) in [5, 5.41) is 1.12. The minimum Gasteiger partial charge on any atom is -0.497 e. The van der Waals surface area contributed by atoms with E-state index in [1.54, 1.807) is 7.11 Å². The zero-order valence-corrected chi connectivity index (χ0v) is 21.4. The third-order valence-corrected chi connectivity index (χ3v) is 6.36. The number of fused-ring (bicyclic) bond motifs is 1. The molecule has 0 amide bonds. The molecule has 0 N–H and O–H groups in total. The summed E-state index contributed by atoms with van der Waals surface area (Å²) in [6.45, 7) is 2.70. The van der Waals surface area contributed by atoms with Crippen LogP contribution in [0.15, 0.2) is 24.4 Å². The molecule has 0 saturated carbocycles. The lowest BCUT2D eigenvalue weighted by atomic mass is 10.1. The second-order valence-electron chi connectivity index (χ2n) is 8.54. The number of phosphoric acid groups is 1. The zero-order valence-electron chi connectivity index (χ0n) is 20.5.